The number of carboxylic acid groups (broad SMARTS) is 1. The van der Waals surface area contributed by atoms with E-state index in [1.54, 1.807) is 12.1 Å². The number of hydrogen-bond acceptors (Lipinski definition) is 4. The monoisotopic (exact) mass is 433 g/mol. The van der Waals surface area contributed by atoms with E-state index < -0.39 is 5.97 Å². The lowest BCUT2D eigenvalue weighted by Gasteiger charge is -2.13. The van der Waals surface area contributed by atoms with Crippen LogP contribution in [0.4, 0.5) is 0 Å². The first kappa shape index (κ1) is 20.5. The number of rotatable bonds is 9. The van der Waals surface area contributed by atoms with Crippen molar-refractivity contribution in [1.82, 2.24) is 5.32 Å². The van der Waals surface area contributed by atoms with E-state index in [0.29, 0.717) is 28.1 Å². The fourth-order valence-electron chi connectivity index (χ4n) is 2.30. The molecule has 0 aromatic heterocycles. The molecule has 0 aliphatic carbocycles. The normalized spacial score (nSPS) is 10.6. The van der Waals surface area contributed by atoms with Crippen molar-refractivity contribution in [3.8, 4) is 11.5 Å². The Morgan fingerprint density at radius 1 is 1.19 bits per heavy atom. The highest BCUT2D eigenvalue weighted by molar-refractivity contribution is 9.10. The molecule has 1 amide bonds. The Labute approximate surface area is 165 Å². The Morgan fingerprint density at radius 3 is 2.59 bits per heavy atom. The molecule has 0 radical (unpaired) electrons. The molecule has 0 saturated carbocycles. The first-order valence-corrected chi connectivity index (χ1v) is 9.01. The van der Waals surface area contributed by atoms with Gasteiger partial charge in [-0.1, -0.05) is 46.3 Å². The molecule has 0 saturated heterocycles. The van der Waals surface area contributed by atoms with Crippen LogP contribution in [0.25, 0.3) is 6.08 Å². The van der Waals surface area contributed by atoms with Crippen LogP contribution in [-0.4, -0.2) is 37.2 Å². The second-order valence-corrected chi connectivity index (χ2v) is 6.42. The molecule has 0 heterocycles. The van der Waals surface area contributed by atoms with Gasteiger partial charge in [0.25, 0.3) is 5.91 Å². The summed E-state index contributed by atoms with van der Waals surface area (Å²) in [5.41, 5.74) is 1.77. The van der Waals surface area contributed by atoms with Gasteiger partial charge >= 0.3 is 5.97 Å². The molecule has 2 N–H and O–H groups in total. The van der Waals surface area contributed by atoms with Crippen molar-refractivity contribution >= 4 is 33.9 Å². The molecule has 0 atom stereocenters. The molecule has 0 bridgehead atoms. The fourth-order valence-corrected chi connectivity index (χ4v) is 2.75. The molecular weight excluding hydrogens is 414 g/mol. The van der Waals surface area contributed by atoms with Crippen molar-refractivity contribution in [2.24, 2.45) is 0 Å². The minimum atomic E-state index is -1.05. The lowest BCUT2D eigenvalue weighted by Crippen LogP contribution is -2.30. The summed E-state index contributed by atoms with van der Waals surface area (Å²) in [5.74, 6) is -0.497. The standard InChI is InChI=1S/C20H20BrNO5/c1-26-17-11-15(7-8-20(24)25)16(21)12-18(17)27-13-19(23)22-10-9-14-5-3-2-4-6-14/h2-8,11-12H,9-10,13H2,1H3,(H,22,23)(H,24,25)/b8-7+. The second-order valence-electron chi connectivity index (χ2n) is 5.57. The molecule has 0 aliphatic heterocycles. The number of carbonyl (C=O) groups is 2. The van der Waals surface area contributed by atoms with Gasteiger partial charge in [-0.25, -0.2) is 4.79 Å². The number of carboxylic acids is 1. The van der Waals surface area contributed by atoms with E-state index in [1.807, 2.05) is 30.3 Å². The van der Waals surface area contributed by atoms with Crippen molar-refractivity contribution in [3.63, 3.8) is 0 Å². The Kier molecular flexibility index (Phi) is 7.88. The smallest absolute Gasteiger partial charge is 0.328 e. The van der Waals surface area contributed by atoms with E-state index in [0.717, 1.165) is 18.1 Å². The number of benzene rings is 2. The number of amides is 1. The van der Waals surface area contributed by atoms with Crippen molar-refractivity contribution in [3.05, 3.63) is 64.1 Å². The highest BCUT2D eigenvalue weighted by Gasteiger charge is 2.11. The maximum Gasteiger partial charge on any atom is 0.328 e. The average Bonchev–Trinajstić information content (AvgIpc) is 2.66. The predicted octanol–water partition coefficient (Wildman–Crippen LogP) is 3.29. The average molecular weight is 434 g/mol. The molecule has 0 spiro atoms. The van der Waals surface area contributed by atoms with Gasteiger partial charge in [0, 0.05) is 17.1 Å². The summed E-state index contributed by atoms with van der Waals surface area (Å²) in [6, 6.07) is 13.1. The summed E-state index contributed by atoms with van der Waals surface area (Å²) in [7, 11) is 1.47. The van der Waals surface area contributed by atoms with Crippen LogP contribution >= 0.6 is 15.9 Å². The van der Waals surface area contributed by atoms with Crippen LogP contribution in [0.1, 0.15) is 11.1 Å². The summed E-state index contributed by atoms with van der Waals surface area (Å²) in [4.78, 5) is 22.6. The van der Waals surface area contributed by atoms with Crippen molar-refractivity contribution < 1.29 is 24.2 Å². The topological polar surface area (TPSA) is 84.9 Å². The molecule has 0 unspecified atom stereocenters. The van der Waals surface area contributed by atoms with Gasteiger partial charge in [0.15, 0.2) is 18.1 Å². The maximum absolute atomic E-state index is 12.0. The Balaban J connectivity index is 1.91. The lowest BCUT2D eigenvalue weighted by molar-refractivity contribution is -0.131. The summed E-state index contributed by atoms with van der Waals surface area (Å²) >= 11 is 3.36. The van der Waals surface area contributed by atoms with E-state index in [4.69, 9.17) is 14.6 Å². The molecule has 7 heteroatoms. The number of ether oxygens (including phenoxy) is 2. The van der Waals surface area contributed by atoms with Crippen LogP contribution in [0.2, 0.25) is 0 Å². The van der Waals surface area contributed by atoms with Gasteiger partial charge in [0.05, 0.1) is 7.11 Å². The summed E-state index contributed by atoms with van der Waals surface area (Å²) < 4.78 is 11.4. The molecule has 2 rings (SSSR count). The maximum atomic E-state index is 12.0. The molecule has 0 fully saturated rings. The van der Waals surface area contributed by atoms with Crippen LogP contribution in [0.3, 0.4) is 0 Å². The van der Waals surface area contributed by atoms with Crippen molar-refractivity contribution in [2.75, 3.05) is 20.3 Å². The van der Waals surface area contributed by atoms with Crippen molar-refractivity contribution in [1.29, 1.82) is 0 Å². The van der Waals surface area contributed by atoms with Gasteiger partial charge in [-0.15, -0.1) is 0 Å². The Bertz CT molecular complexity index is 821. The second kappa shape index (κ2) is 10.4. The lowest BCUT2D eigenvalue weighted by atomic mass is 10.1. The molecule has 6 nitrogen and oxygen atoms in total. The quantitative estimate of drug-likeness (QED) is 0.592. The number of carbonyl (C=O) groups excluding carboxylic acids is 1. The first-order chi connectivity index (χ1) is 13.0. The van der Waals surface area contributed by atoms with Gasteiger partial charge in [0.2, 0.25) is 0 Å². The van der Waals surface area contributed by atoms with Gasteiger partial charge in [-0.05, 0) is 35.8 Å². The van der Waals surface area contributed by atoms with E-state index in [-0.39, 0.29) is 12.5 Å². The molecule has 2 aromatic carbocycles. The summed E-state index contributed by atoms with van der Waals surface area (Å²) in [6.07, 6.45) is 3.21. The van der Waals surface area contributed by atoms with Crippen LogP contribution in [0.5, 0.6) is 11.5 Å². The first-order valence-electron chi connectivity index (χ1n) is 8.21. The predicted molar refractivity (Wildman–Crippen MR) is 106 cm³/mol. The van der Waals surface area contributed by atoms with E-state index >= 15 is 0 Å². The molecule has 2 aromatic rings. The minimum Gasteiger partial charge on any atom is -0.493 e. The van der Waals surface area contributed by atoms with Crippen LogP contribution < -0.4 is 14.8 Å². The van der Waals surface area contributed by atoms with Gasteiger partial charge in [-0.3, -0.25) is 4.79 Å². The fraction of sp³-hybridized carbons (Fsp3) is 0.200. The number of aliphatic carboxylic acids is 1. The van der Waals surface area contributed by atoms with Gasteiger partial charge < -0.3 is 19.9 Å². The van der Waals surface area contributed by atoms with E-state index in [2.05, 4.69) is 21.2 Å². The minimum absolute atomic E-state index is 0.151. The summed E-state index contributed by atoms with van der Waals surface area (Å²) in [5, 5.41) is 11.5. The number of halogens is 1. The van der Waals surface area contributed by atoms with Crippen LogP contribution in [0, 0.1) is 0 Å². The summed E-state index contributed by atoms with van der Waals surface area (Å²) in [6.45, 7) is 0.369. The largest absolute Gasteiger partial charge is 0.493 e. The Hall–Kier alpha value is -2.80. The van der Waals surface area contributed by atoms with Gasteiger partial charge in [0.1, 0.15) is 0 Å². The van der Waals surface area contributed by atoms with E-state index in [9.17, 15) is 9.59 Å². The highest BCUT2D eigenvalue weighted by Crippen LogP contribution is 2.34. The zero-order valence-corrected chi connectivity index (χ0v) is 16.4. The molecule has 0 aliphatic rings. The zero-order chi connectivity index (χ0) is 19.6. The van der Waals surface area contributed by atoms with Gasteiger partial charge in [-0.2, -0.15) is 0 Å². The van der Waals surface area contributed by atoms with Crippen LogP contribution in [0.15, 0.2) is 53.0 Å². The number of hydrogen-bond donors (Lipinski definition) is 2. The van der Waals surface area contributed by atoms with E-state index in [1.165, 1.54) is 13.2 Å². The van der Waals surface area contributed by atoms with Crippen molar-refractivity contribution in [2.45, 2.75) is 6.42 Å². The number of nitrogens with one attached hydrogen (secondary N) is 1. The number of methoxy groups -OCH3 is 1. The third-order valence-corrected chi connectivity index (χ3v) is 4.31. The highest BCUT2D eigenvalue weighted by atomic mass is 79.9. The Morgan fingerprint density at radius 2 is 1.93 bits per heavy atom. The van der Waals surface area contributed by atoms with Crippen LogP contribution in [-0.2, 0) is 16.0 Å². The SMILES string of the molecule is COc1cc(/C=C/C(=O)O)c(Br)cc1OCC(=O)NCCc1ccccc1. The third-order valence-electron chi connectivity index (χ3n) is 3.63. The molecule has 27 heavy (non-hydrogen) atoms. The zero-order valence-electron chi connectivity index (χ0n) is 14.8. The molecule has 142 valence electrons. The molecular formula is C20H20BrNO5. The third kappa shape index (κ3) is 6.79.